The van der Waals surface area contributed by atoms with E-state index in [9.17, 15) is 13.2 Å². The topological polar surface area (TPSA) is 49.8 Å². The Kier molecular flexibility index (Phi) is 4.06. The predicted octanol–water partition coefficient (Wildman–Crippen LogP) is 3.53. The largest absolute Gasteiger partial charge is 0.433 e. The average Bonchev–Trinajstić information content (AvgIpc) is 2.82. The van der Waals surface area contributed by atoms with Gasteiger partial charge in [0.2, 0.25) is 5.95 Å². The molecule has 0 unspecified atom stereocenters. The Morgan fingerprint density at radius 2 is 1.90 bits per heavy atom. The minimum atomic E-state index is -4.47. The van der Waals surface area contributed by atoms with Crippen molar-refractivity contribution in [2.45, 2.75) is 38.8 Å². The van der Waals surface area contributed by atoms with E-state index < -0.39 is 11.9 Å². The van der Waals surface area contributed by atoms with E-state index in [2.05, 4.69) is 27.5 Å². The van der Waals surface area contributed by atoms with Gasteiger partial charge < -0.3 is 10.6 Å². The maximum absolute atomic E-state index is 12.8. The van der Waals surface area contributed by atoms with Crippen LogP contribution in [0.15, 0.2) is 6.07 Å². The van der Waals surface area contributed by atoms with Crippen molar-refractivity contribution < 1.29 is 13.2 Å². The van der Waals surface area contributed by atoms with Crippen LogP contribution < -0.4 is 10.6 Å². The van der Waals surface area contributed by atoms with Gasteiger partial charge in [-0.15, -0.1) is 0 Å². The Labute approximate surface area is 116 Å². The van der Waals surface area contributed by atoms with Gasteiger partial charge in [0.1, 0.15) is 5.82 Å². The molecule has 0 saturated heterocycles. The van der Waals surface area contributed by atoms with Crippen LogP contribution in [0, 0.1) is 5.41 Å². The summed E-state index contributed by atoms with van der Waals surface area (Å²) in [6.45, 7) is 2.78. The first kappa shape index (κ1) is 14.9. The Morgan fingerprint density at radius 3 is 2.45 bits per heavy atom. The van der Waals surface area contributed by atoms with Crippen molar-refractivity contribution in [3.05, 3.63) is 11.8 Å². The zero-order valence-corrected chi connectivity index (χ0v) is 11.6. The lowest BCUT2D eigenvalue weighted by Crippen LogP contribution is -2.24. The molecule has 0 aromatic carbocycles. The fourth-order valence-corrected chi connectivity index (χ4v) is 2.50. The molecule has 1 heterocycles. The van der Waals surface area contributed by atoms with Gasteiger partial charge >= 0.3 is 6.18 Å². The van der Waals surface area contributed by atoms with Gasteiger partial charge in [0.05, 0.1) is 0 Å². The Morgan fingerprint density at radius 1 is 1.25 bits per heavy atom. The van der Waals surface area contributed by atoms with Crippen LogP contribution in [0.25, 0.3) is 0 Å². The van der Waals surface area contributed by atoms with Crippen LogP contribution in [0.3, 0.4) is 0 Å². The van der Waals surface area contributed by atoms with Crippen LogP contribution in [-0.4, -0.2) is 23.6 Å². The summed E-state index contributed by atoms with van der Waals surface area (Å²) in [5.74, 6) is 0.184. The van der Waals surface area contributed by atoms with Gasteiger partial charge in [0.15, 0.2) is 5.69 Å². The number of alkyl halides is 3. The molecule has 0 atom stereocenters. The Hall–Kier alpha value is -1.53. The molecule has 0 amide bonds. The Balaban J connectivity index is 2.14. The van der Waals surface area contributed by atoms with Crippen molar-refractivity contribution in [2.24, 2.45) is 5.41 Å². The zero-order valence-electron chi connectivity index (χ0n) is 11.6. The monoisotopic (exact) mass is 288 g/mol. The van der Waals surface area contributed by atoms with Crippen molar-refractivity contribution >= 4 is 11.8 Å². The second-order valence-electron chi connectivity index (χ2n) is 5.58. The summed E-state index contributed by atoms with van der Waals surface area (Å²) in [5.41, 5.74) is -0.792. The molecule has 1 aliphatic carbocycles. The van der Waals surface area contributed by atoms with E-state index in [4.69, 9.17) is 0 Å². The third-order valence-corrected chi connectivity index (χ3v) is 3.75. The molecule has 0 radical (unpaired) electrons. The first-order chi connectivity index (χ1) is 9.32. The highest BCUT2D eigenvalue weighted by molar-refractivity contribution is 5.43. The van der Waals surface area contributed by atoms with E-state index in [0.29, 0.717) is 6.54 Å². The summed E-state index contributed by atoms with van der Waals surface area (Å²) in [6.07, 6.45) is 0.0729. The molecule has 1 saturated carbocycles. The van der Waals surface area contributed by atoms with Crippen molar-refractivity contribution in [2.75, 3.05) is 24.2 Å². The quantitative estimate of drug-likeness (QED) is 0.890. The summed E-state index contributed by atoms with van der Waals surface area (Å²) < 4.78 is 38.3. The molecule has 1 aromatic heterocycles. The minimum Gasteiger partial charge on any atom is -0.369 e. The van der Waals surface area contributed by atoms with Crippen LogP contribution in [-0.2, 0) is 6.18 Å². The predicted molar refractivity (Wildman–Crippen MR) is 71.6 cm³/mol. The van der Waals surface area contributed by atoms with E-state index in [0.717, 1.165) is 18.9 Å². The number of nitrogens with zero attached hydrogens (tertiary/aromatic N) is 2. The van der Waals surface area contributed by atoms with Crippen LogP contribution in [0.1, 0.15) is 38.3 Å². The number of aromatic nitrogens is 2. The molecule has 4 nitrogen and oxygen atoms in total. The molecule has 112 valence electrons. The maximum atomic E-state index is 12.8. The number of rotatable bonds is 4. The lowest BCUT2D eigenvalue weighted by atomic mass is 9.89. The summed E-state index contributed by atoms with van der Waals surface area (Å²) in [7, 11) is 1.50. The zero-order chi connectivity index (χ0) is 14.8. The molecule has 0 aliphatic heterocycles. The van der Waals surface area contributed by atoms with Crippen LogP contribution >= 0.6 is 0 Å². The highest BCUT2D eigenvalue weighted by atomic mass is 19.4. The third kappa shape index (κ3) is 3.52. The second-order valence-corrected chi connectivity index (χ2v) is 5.58. The van der Waals surface area contributed by atoms with Crippen LogP contribution in [0.4, 0.5) is 24.9 Å². The van der Waals surface area contributed by atoms with Gasteiger partial charge in [-0.1, -0.05) is 19.8 Å². The molecule has 1 fully saturated rings. The fraction of sp³-hybridized carbons (Fsp3) is 0.692. The molecule has 20 heavy (non-hydrogen) atoms. The molecule has 2 rings (SSSR count). The van der Waals surface area contributed by atoms with E-state index in [1.54, 1.807) is 0 Å². The standard InChI is InChI=1S/C13H19F3N4/c1-12(5-3-4-6-12)8-18-10-7-9(13(14,15)16)19-11(17-2)20-10/h7H,3-6,8H2,1-2H3,(H2,17,18,19,20). The van der Waals surface area contributed by atoms with Crippen LogP contribution in [0.5, 0.6) is 0 Å². The molecular weight excluding hydrogens is 269 g/mol. The van der Waals surface area contributed by atoms with Crippen molar-refractivity contribution in [3.63, 3.8) is 0 Å². The number of anilines is 2. The highest BCUT2D eigenvalue weighted by Crippen LogP contribution is 2.37. The van der Waals surface area contributed by atoms with E-state index in [-0.39, 0.29) is 17.2 Å². The SMILES string of the molecule is CNc1nc(NCC2(C)CCCC2)cc(C(F)(F)F)n1. The fourth-order valence-electron chi connectivity index (χ4n) is 2.50. The van der Waals surface area contributed by atoms with E-state index >= 15 is 0 Å². The van der Waals surface area contributed by atoms with Gasteiger partial charge in [-0.25, -0.2) is 4.98 Å². The lowest BCUT2D eigenvalue weighted by molar-refractivity contribution is -0.141. The first-order valence-electron chi connectivity index (χ1n) is 6.70. The lowest BCUT2D eigenvalue weighted by Gasteiger charge is -2.24. The third-order valence-electron chi connectivity index (χ3n) is 3.75. The molecule has 1 aliphatic rings. The van der Waals surface area contributed by atoms with Gasteiger partial charge in [-0.05, 0) is 18.3 Å². The van der Waals surface area contributed by atoms with E-state index in [1.165, 1.54) is 19.9 Å². The van der Waals surface area contributed by atoms with Crippen molar-refractivity contribution in [1.29, 1.82) is 0 Å². The average molecular weight is 288 g/mol. The molecule has 7 heteroatoms. The molecule has 0 bridgehead atoms. The molecule has 0 spiro atoms. The van der Waals surface area contributed by atoms with Crippen molar-refractivity contribution in [3.8, 4) is 0 Å². The normalized spacial score (nSPS) is 18.1. The summed E-state index contributed by atoms with van der Waals surface area (Å²) in [5, 5.41) is 5.58. The van der Waals surface area contributed by atoms with E-state index in [1.807, 2.05) is 0 Å². The number of hydrogen-bond donors (Lipinski definition) is 2. The summed E-state index contributed by atoms with van der Waals surface area (Å²) in [4.78, 5) is 7.46. The Bertz CT molecular complexity index is 467. The summed E-state index contributed by atoms with van der Waals surface area (Å²) >= 11 is 0. The number of nitrogens with one attached hydrogen (secondary N) is 2. The molecule has 1 aromatic rings. The smallest absolute Gasteiger partial charge is 0.369 e. The maximum Gasteiger partial charge on any atom is 0.433 e. The minimum absolute atomic E-state index is 0.0288. The van der Waals surface area contributed by atoms with Gasteiger partial charge in [-0.2, -0.15) is 18.2 Å². The van der Waals surface area contributed by atoms with Gasteiger partial charge in [0.25, 0.3) is 0 Å². The molecular formula is C13H19F3N4. The highest BCUT2D eigenvalue weighted by Gasteiger charge is 2.34. The van der Waals surface area contributed by atoms with Crippen molar-refractivity contribution in [1.82, 2.24) is 9.97 Å². The number of hydrogen-bond acceptors (Lipinski definition) is 4. The molecule has 2 N–H and O–H groups in total. The second kappa shape index (κ2) is 5.46. The van der Waals surface area contributed by atoms with Gasteiger partial charge in [-0.3, -0.25) is 0 Å². The first-order valence-corrected chi connectivity index (χ1v) is 6.70. The summed E-state index contributed by atoms with van der Waals surface area (Å²) in [6, 6.07) is 0.957. The van der Waals surface area contributed by atoms with Gasteiger partial charge in [0, 0.05) is 19.7 Å². The number of halogens is 3. The van der Waals surface area contributed by atoms with Crippen LogP contribution in [0.2, 0.25) is 0 Å².